The molecule has 0 aliphatic heterocycles. The van der Waals surface area contributed by atoms with Gasteiger partial charge in [-0.25, -0.2) is 4.79 Å². The lowest BCUT2D eigenvalue weighted by Crippen LogP contribution is -2.29. The largest absolute Gasteiger partial charge is 0.484 e. The van der Waals surface area contributed by atoms with E-state index in [4.69, 9.17) is 16.3 Å². The van der Waals surface area contributed by atoms with Crippen molar-refractivity contribution in [1.82, 2.24) is 5.32 Å². The highest BCUT2D eigenvalue weighted by Gasteiger charge is 2.08. The van der Waals surface area contributed by atoms with Crippen LogP contribution in [-0.2, 0) is 4.79 Å². The summed E-state index contributed by atoms with van der Waals surface area (Å²) in [5.41, 5.74) is 0.781. The number of aromatic carboxylic acids is 1. The van der Waals surface area contributed by atoms with Gasteiger partial charge in [-0.1, -0.05) is 5.92 Å². The summed E-state index contributed by atoms with van der Waals surface area (Å²) < 4.78 is 5.21. The Kier molecular flexibility index (Phi) is 4.76. The van der Waals surface area contributed by atoms with Crippen molar-refractivity contribution in [2.75, 3.05) is 13.2 Å². The van der Waals surface area contributed by atoms with Crippen LogP contribution in [0.25, 0.3) is 0 Å². The molecule has 0 atom stereocenters. The molecule has 0 aliphatic rings. The number of hydrogen-bond donors (Lipinski definition) is 2. The zero-order chi connectivity index (χ0) is 13.5. The number of ether oxygens (including phenoxy) is 1. The Balaban J connectivity index is 2.59. The van der Waals surface area contributed by atoms with Crippen molar-refractivity contribution in [1.29, 1.82) is 0 Å². The lowest BCUT2D eigenvalue weighted by Gasteiger charge is -2.08. The number of carbonyl (C=O) groups excluding carboxylic acids is 1. The van der Waals surface area contributed by atoms with E-state index in [9.17, 15) is 9.59 Å². The topological polar surface area (TPSA) is 75.6 Å². The fourth-order valence-corrected chi connectivity index (χ4v) is 1.32. The first-order valence-corrected chi connectivity index (χ1v) is 5.21. The molecule has 0 aliphatic carbocycles. The Morgan fingerprint density at radius 2 is 2.22 bits per heavy atom. The van der Waals surface area contributed by atoms with Crippen LogP contribution in [0, 0.1) is 19.3 Å². The second kappa shape index (κ2) is 6.30. The van der Waals surface area contributed by atoms with Gasteiger partial charge in [-0.2, -0.15) is 0 Å². The molecule has 0 heterocycles. The number of rotatable bonds is 5. The van der Waals surface area contributed by atoms with Crippen LogP contribution in [-0.4, -0.2) is 30.1 Å². The molecule has 94 valence electrons. The molecule has 2 N–H and O–H groups in total. The van der Waals surface area contributed by atoms with Crippen LogP contribution in [0.4, 0.5) is 0 Å². The summed E-state index contributed by atoms with van der Waals surface area (Å²) in [6.45, 7) is 1.65. The maximum atomic E-state index is 11.2. The van der Waals surface area contributed by atoms with Crippen LogP contribution in [0.5, 0.6) is 5.75 Å². The van der Waals surface area contributed by atoms with E-state index in [1.807, 2.05) is 0 Å². The zero-order valence-electron chi connectivity index (χ0n) is 9.90. The summed E-state index contributed by atoms with van der Waals surface area (Å²) in [4.78, 5) is 22.0. The van der Waals surface area contributed by atoms with Crippen molar-refractivity contribution < 1.29 is 19.4 Å². The standard InChI is InChI=1S/C13H13NO4/c1-3-6-14-12(15)8-18-10-4-5-11(13(16)17)9(2)7-10/h1,4-5,7H,6,8H2,2H3,(H,14,15)(H,16,17). The van der Waals surface area contributed by atoms with E-state index >= 15 is 0 Å². The number of amides is 1. The van der Waals surface area contributed by atoms with Gasteiger partial charge in [0, 0.05) is 0 Å². The van der Waals surface area contributed by atoms with E-state index < -0.39 is 5.97 Å². The molecule has 0 spiro atoms. The maximum Gasteiger partial charge on any atom is 0.335 e. The van der Waals surface area contributed by atoms with Gasteiger partial charge < -0.3 is 15.2 Å². The van der Waals surface area contributed by atoms with E-state index in [2.05, 4.69) is 11.2 Å². The molecule has 0 bridgehead atoms. The van der Waals surface area contributed by atoms with Gasteiger partial charge in [0.2, 0.25) is 0 Å². The van der Waals surface area contributed by atoms with Gasteiger partial charge in [0.15, 0.2) is 6.61 Å². The highest BCUT2D eigenvalue weighted by atomic mass is 16.5. The second-order valence-electron chi connectivity index (χ2n) is 3.55. The third-order valence-corrected chi connectivity index (χ3v) is 2.19. The van der Waals surface area contributed by atoms with Crippen LogP contribution in [0.15, 0.2) is 18.2 Å². The molecular weight excluding hydrogens is 234 g/mol. The van der Waals surface area contributed by atoms with Crippen LogP contribution >= 0.6 is 0 Å². The van der Waals surface area contributed by atoms with Gasteiger partial charge in [-0.15, -0.1) is 6.42 Å². The summed E-state index contributed by atoms with van der Waals surface area (Å²) in [5.74, 6) is 1.39. The quantitative estimate of drug-likeness (QED) is 0.755. The summed E-state index contributed by atoms with van der Waals surface area (Å²) in [5, 5.41) is 11.3. The summed E-state index contributed by atoms with van der Waals surface area (Å²) in [7, 11) is 0. The number of carbonyl (C=O) groups is 2. The molecule has 0 saturated carbocycles. The van der Waals surface area contributed by atoms with E-state index in [1.165, 1.54) is 12.1 Å². The van der Waals surface area contributed by atoms with Crippen molar-refractivity contribution >= 4 is 11.9 Å². The van der Waals surface area contributed by atoms with Crippen LogP contribution in [0.1, 0.15) is 15.9 Å². The van der Waals surface area contributed by atoms with Crippen molar-refractivity contribution in [3.05, 3.63) is 29.3 Å². The average Bonchev–Trinajstić information content (AvgIpc) is 2.33. The van der Waals surface area contributed by atoms with Gasteiger partial charge in [0.1, 0.15) is 5.75 Å². The average molecular weight is 247 g/mol. The highest BCUT2D eigenvalue weighted by molar-refractivity contribution is 5.89. The first-order valence-electron chi connectivity index (χ1n) is 5.21. The lowest BCUT2D eigenvalue weighted by atomic mass is 10.1. The third kappa shape index (κ3) is 3.83. The molecule has 0 fully saturated rings. The molecular formula is C13H13NO4. The number of terminal acetylenes is 1. The Hall–Kier alpha value is -2.48. The minimum Gasteiger partial charge on any atom is -0.484 e. The minimum absolute atomic E-state index is 0.152. The van der Waals surface area contributed by atoms with E-state index in [0.29, 0.717) is 11.3 Å². The lowest BCUT2D eigenvalue weighted by molar-refractivity contribution is -0.122. The molecule has 5 nitrogen and oxygen atoms in total. The Morgan fingerprint density at radius 1 is 1.50 bits per heavy atom. The molecule has 0 radical (unpaired) electrons. The SMILES string of the molecule is C#CCNC(=O)COc1ccc(C(=O)O)c(C)c1. The molecule has 1 aromatic carbocycles. The molecule has 0 aromatic heterocycles. The number of nitrogens with one attached hydrogen (secondary N) is 1. The molecule has 0 saturated heterocycles. The predicted molar refractivity (Wildman–Crippen MR) is 65.5 cm³/mol. The van der Waals surface area contributed by atoms with Crippen LogP contribution in [0.3, 0.4) is 0 Å². The van der Waals surface area contributed by atoms with Gasteiger partial charge in [-0.05, 0) is 30.7 Å². The van der Waals surface area contributed by atoms with E-state index in [0.717, 1.165) is 0 Å². The van der Waals surface area contributed by atoms with Crippen LogP contribution < -0.4 is 10.1 Å². The first-order chi connectivity index (χ1) is 8.54. The Bertz CT molecular complexity index is 502. The molecule has 1 rings (SSSR count). The van der Waals surface area contributed by atoms with Crippen LogP contribution in [0.2, 0.25) is 0 Å². The van der Waals surface area contributed by atoms with Gasteiger partial charge in [-0.3, -0.25) is 4.79 Å². The summed E-state index contributed by atoms with van der Waals surface area (Å²) in [6.07, 6.45) is 4.99. The number of aryl methyl sites for hydroxylation is 1. The molecule has 18 heavy (non-hydrogen) atoms. The van der Waals surface area contributed by atoms with Gasteiger partial charge >= 0.3 is 5.97 Å². The van der Waals surface area contributed by atoms with Gasteiger partial charge in [0.05, 0.1) is 12.1 Å². The number of benzene rings is 1. The predicted octanol–water partition coefficient (Wildman–Crippen LogP) is 0.821. The summed E-state index contributed by atoms with van der Waals surface area (Å²) in [6, 6.07) is 4.51. The first kappa shape index (κ1) is 13.6. The maximum absolute atomic E-state index is 11.2. The minimum atomic E-state index is -0.995. The Labute approximate surface area is 105 Å². The highest BCUT2D eigenvalue weighted by Crippen LogP contribution is 2.17. The fourth-order valence-electron chi connectivity index (χ4n) is 1.32. The van der Waals surface area contributed by atoms with Gasteiger partial charge in [0.25, 0.3) is 5.91 Å². The van der Waals surface area contributed by atoms with Crippen molar-refractivity contribution in [3.63, 3.8) is 0 Å². The fraction of sp³-hybridized carbons (Fsp3) is 0.231. The van der Waals surface area contributed by atoms with E-state index in [1.54, 1.807) is 13.0 Å². The third-order valence-electron chi connectivity index (χ3n) is 2.19. The smallest absolute Gasteiger partial charge is 0.335 e. The molecule has 1 aromatic rings. The normalized spacial score (nSPS) is 9.33. The monoisotopic (exact) mass is 247 g/mol. The Morgan fingerprint density at radius 3 is 2.78 bits per heavy atom. The number of hydrogen-bond acceptors (Lipinski definition) is 3. The van der Waals surface area contributed by atoms with Crippen molar-refractivity contribution in [2.45, 2.75) is 6.92 Å². The zero-order valence-corrected chi connectivity index (χ0v) is 9.90. The summed E-state index contributed by atoms with van der Waals surface area (Å²) >= 11 is 0. The molecule has 5 heteroatoms. The molecule has 1 amide bonds. The number of carboxylic acid groups (broad SMARTS) is 1. The molecule has 0 unspecified atom stereocenters. The van der Waals surface area contributed by atoms with Crippen molar-refractivity contribution in [2.24, 2.45) is 0 Å². The van der Waals surface area contributed by atoms with E-state index in [-0.39, 0.29) is 24.6 Å². The van der Waals surface area contributed by atoms with Crippen molar-refractivity contribution in [3.8, 4) is 18.1 Å². The second-order valence-corrected chi connectivity index (χ2v) is 3.55. The number of carboxylic acids is 1.